The van der Waals surface area contributed by atoms with E-state index in [4.69, 9.17) is 15.2 Å². The first-order valence-electron chi connectivity index (χ1n) is 12.7. The van der Waals surface area contributed by atoms with E-state index in [-0.39, 0.29) is 30.0 Å². The zero-order valence-corrected chi connectivity index (χ0v) is 21.7. The zero-order valence-electron chi connectivity index (χ0n) is 21.7. The number of carbonyl (C=O) groups excluding carboxylic acids is 2. The number of nitrogens with one attached hydrogen (secondary N) is 1. The molecule has 208 valence electrons. The Labute approximate surface area is 223 Å². The van der Waals surface area contributed by atoms with Gasteiger partial charge < -0.3 is 20.5 Å². The van der Waals surface area contributed by atoms with Gasteiger partial charge in [-0.15, -0.1) is 0 Å². The molecule has 2 unspecified atom stereocenters. The molecule has 0 bridgehead atoms. The average Bonchev–Trinajstić information content (AvgIpc) is 3.65. The summed E-state index contributed by atoms with van der Waals surface area (Å²) in [5.41, 5.74) is 6.72. The van der Waals surface area contributed by atoms with Gasteiger partial charge in [-0.1, -0.05) is 18.2 Å². The average molecular weight is 546 g/mol. The minimum absolute atomic E-state index is 0.0431. The van der Waals surface area contributed by atoms with Crippen LogP contribution < -0.4 is 20.5 Å². The van der Waals surface area contributed by atoms with Crippen molar-refractivity contribution >= 4 is 17.8 Å². The summed E-state index contributed by atoms with van der Waals surface area (Å²) in [4.78, 5) is 36.8. The summed E-state index contributed by atoms with van der Waals surface area (Å²) < 4.78 is 51.2. The van der Waals surface area contributed by atoms with Gasteiger partial charge in [0.2, 0.25) is 11.8 Å². The van der Waals surface area contributed by atoms with Crippen LogP contribution in [0.3, 0.4) is 0 Å². The maximum atomic E-state index is 13.6. The van der Waals surface area contributed by atoms with Gasteiger partial charge in [0.15, 0.2) is 12.1 Å². The molecule has 9 nitrogen and oxygen atoms in total. The molecule has 1 saturated carbocycles. The highest BCUT2D eigenvalue weighted by molar-refractivity contribution is 5.99. The van der Waals surface area contributed by atoms with Crippen molar-refractivity contribution in [1.82, 2.24) is 15.2 Å². The first kappa shape index (κ1) is 26.8. The van der Waals surface area contributed by atoms with E-state index in [1.54, 1.807) is 30.5 Å². The molecule has 39 heavy (non-hydrogen) atoms. The number of pyridine rings is 1. The molecule has 0 spiro atoms. The summed E-state index contributed by atoms with van der Waals surface area (Å²) in [6.07, 6.45) is -3.41. The van der Waals surface area contributed by atoms with E-state index in [1.807, 2.05) is 13.8 Å². The normalized spacial score (nSPS) is 26.6. The molecular weight excluding hydrogens is 515 g/mol. The van der Waals surface area contributed by atoms with E-state index in [0.717, 1.165) is 0 Å². The van der Waals surface area contributed by atoms with Crippen LogP contribution in [0.2, 0.25) is 0 Å². The Morgan fingerprint density at radius 2 is 2.00 bits per heavy atom. The number of aliphatic imine (C=N–C) groups is 1. The minimum Gasteiger partial charge on any atom is -0.495 e. The van der Waals surface area contributed by atoms with Crippen molar-refractivity contribution < 1.29 is 32.2 Å². The number of hydrogen-bond donors (Lipinski definition) is 2. The quantitative estimate of drug-likeness (QED) is 0.572. The number of benzene rings is 1. The van der Waals surface area contributed by atoms with Crippen LogP contribution >= 0.6 is 0 Å². The van der Waals surface area contributed by atoms with Gasteiger partial charge in [0.05, 0.1) is 37.4 Å². The molecule has 0 radical (unpaired) electrons. The Balaban J connectivity index is 1.41. The van der Waals surface area contributed by atoms with E-state index < -0.39 is 48.1 Å². The molecule has 1 aliphatic carbocycles. The summed E-state index contributed by atoms with van der Waals surface area (Å²) in [6.45, 7) is 3.62. The standard InChI is InChI=1S/C27H30F3N5O4/c1-26(2)11-22(36)35(25(31)34-26)23(14-8-15(38-3)13-32-12-14)17-9-18(17)24(37)33-19-10-21(27(28,29)30)39-20-7-5-4-6-16(19)20/h4-8,12-13,17-19,21,23H,9-11H2,1-3H3,(H2,31,34)(H,33,37)/t17?,18-,19+,21?,23-/m1/s1. The first-order valence-corrected chi connectivity index (χ1v) is 12.7. The van der Waals surface area contributed by atoms with Gasteiger partial charge in [0, 0.05) is 24.1 Å². The van der Waals surface area contributed by atoms with Crippen LogP contribution in [-0.4, -0.2) is 52.6 Å². The molecule has 3 heterocycles. The summed E-state index contributed by atoms with van der Waals surface area (Å²) in [7, 11) is 1.49. The highest BCUT2D eigenvalue weighted by atomic mass is 19.4. The number of fused-ring (bicyclic) bond motifs is 1. The first-order chi connectivity index (χ1) is 18.4. The Hall–Kier alpha value is -3.83. The lowest BCUT2D eigenvalue weighted by Gasteiger charge is -2.38. The Bertz CT molecular complexity index is 1310. The van der Waals surface area contributed by atoms with Crippen molar-refractivity contribution in [1.29, 1.82) is 0 Å². The molecule has 5 rings (SSSR count). The van der Waals surface area contributed by atoms with Crippen molar-refractivity contribution in [2.75, 3.05) is 7.11 Å². The van der Waals surface area contributed by atoms with Crippen molar-refractivity contribution in [3.05, 3.63) is 53.9 Å². The second kappa shape index (κ2) is 9.73. The number of halogens is 3. The van der Waals surface area contributed by atoms with Gasteiger partial charge in [-0.05, 0) is 43.9 Å². The maximum absolute atomic E-state index is 13.6. The van der Waals surface area contributed by atoms with Gasteiger partial charge in [0.25, 0.3) is 0 Å². The Kier molecular flexibility index (Phi) is 6.68. The largest absolute Gasteiger partial charge is 0.495 e. The third-order valence-electron chi connectivity index (χ3n) is 7.38. The number of nitrogens with zero attached hydrogens (tertiary/aromatic N) is 3. The summed E-state index contributed by atoms with van der Waals surface area (Å²) in [5, 5.41) is 2.81. The SMILES string of the molecule is COc1cncc([C@H](C2C[C@H]2C(=O)N[C@H]2CC(C(F)(F)F)Oc3ccccc32)N2C(=O)CC(C)(C)N=C2N)c1. The number of aromatic nitrogens is 1. The molecule has 3 aliphatic rings. The lowest BCUT2D eigenvalue weighted by atomic mass is 9.94. The lowest BCUT2D eigenvalue weighted by molar-refractivity contribution is -0.201. The predicted octanol–water partition coefficient (Wildman–Crippen LogP) is 3.66. The van der Waals surface area contributed by atoms with Gasteiger partial charge in [-0.3, -0.25) is 19.5 Å². The van der Waals surface area contributed by atoms with Gasteiger partial charge >= 0.3 is 6.18 Å². The number of para-hydroxylation sites is 1. The number of guanidine groups is 1. The molecule has 5 atom stereocenters. The lowest BCUT2D eigenvalue weighted by Crippen LogP contribution is -2.52. The number of methoxy groups -OCH3 is 1. The van der Waals surface area contributed by atoms with Crippen LogP contribution in [0.5, 0.6) is 11.5 Å². The van der Waals surface area contributed by atoms with Gasteiger partial charge in [-0.2, -0.15) is 13.2 Å². The van der Waals surface area contributed by atoms with E-state index >= 15 is 0 Å². The Morgan fingerprint density at radius 1 is 1.26 bits per heavy atom. The number of hydrogen-bond acceptors (Lipinski definition) is 7. The van der Waals surface area contributed by atoms with Crippen LogP contribution in [-0.2, 0) is 9.59 Å². The molecule has 3 N–H and O–H groups in total. The van der Waals surface area contributed by atoms with Crippen LogP contribution in [0.1, 0.15) is 56.3 Å². The van der Waals surface area contributed by atoms with Gasteiger partial charge in [0.1, 0.15) is 11.5 Å². The van der Waals surface area contributed by atoms with E-state index in [1.165, 1.54) is 24.3 Å². The fourth-order valence-electron chi connectivity index (χ4n) is 5.48. The third-order valence-corrected chi connectivity index (χ3v) is 7.38. The van der Waals surface area contributed by atoms with Crippen molar-refractivity contribution in [3.63, 3.8) is 0 Å². The van der Waals surface area contributed by atoms with E-state index in [2.05, 4.69) is 15.3 Å². The molecule has 1 aromatic carbocycles. The maximum Gasteiger partial charge on any atom is 0.425 e. The number of alkyl halides is 3. The number of ether oxygens (including phenoxy) is 2. The fourth-order valence-corrected chi connectivity index (χ4v) is 5.48. The second-order valence-corrected chi connectivity index (χ2v) is 10.8. The zero-order chi connectivity index (χ0) is 28.1. The third kappa shape index (κ3) is 5.37. The van der Waals surface area contributed by atoms with Crippen molar-refractivity contribution in [2.24, 2.45) is 22.6 Å². The molecule has 0 saturated heterocycles. The summed E-state index contributed by atoms with van der Waals surface area (Å²) in [5.74, 6) is -0.948. The smallest absolute Gasteiger partial charge is 0.425 e. The minimum atomic E-state index is -4.58. The monoisotopic (exact) mass is 545 g/mol. The predicted molar refractivity (Wildman–Crippen MR) is 135 cm³/mol. The van der Waals surface area contributed by atoms with Crippen LogP contribution in [0.15, 0.2) is 47.7 Å². The molecule has 1 fully saturated rings. The van der Waals surface area contributed by atoms with E-state index in [0.29, 0.717) is 23.3 Å². The molecule has 2 aromatic rings. The van der Waals surface area contributed by atoms with Crippen molar-refractivity contribution in [2.45, 2.75) is 63.0 Å². The molecule has 1 aromatic heterocycles. The number of nitrogens with two attached hydrogens (primary N) is 1. The van der Waals surface area contributed by atoms with Crippen molar-refractivity contribution in [3.8, 4) is 11.5 Å². The number of rotatable bonds is 6. The summed E-state index contributed by atoms with van der Waals surface area (Å²) in [6, 6.07) is 6.58. The molecule has 12 heteroatoms. The highest BCUT2D eigenvalue weighted by Gasteiger charge is 2.54. The Morgan fingerprint density at radius 3 is 2.69 bits per heavy atom. The van der Waals surface area contributed by atoms with Gasteiger partial charge in [-0.25, -0.2) is 4.99 Å². The van der Waals surface area contributed by atoms with Crippen LogP contribution in [0, 0.1) is 11.8 Å². The van der Waals surface area contributed by atoms with Crippen LogP contribution in [0.4, 0.5) is 13.2 Å². The number of amides is 2. The summed E-state index contributed by atoms with van der Waals surface area (Å²) >= 11 is 0. The molecular formula is C27H30F3N5O4. The van der Waals surface area contributed by atoms with E-state index in [9.17, 15) is 22.8 Å². The highest BCUT2D eigenvalue weighted by Crippen LogP contribution is 2.52. The van der Waals surface area contributed by atoms with Crippen LogP contribution in [0.25, 0.3) is 0 Å². The molecule has 2 amide bonds. The number of carbonyl (C=O) groups is 2. The molecule has 2 aliphatic heterocycles. The second-order valence-electron chi connectivity index (χ2n) is 10.8. The topological polar surface area (TPSA) is 119 Å². The fraction of sp³-hybridized carbons (Fsp3) is 0.481.